The first-order valence-electron chi connectivity index (χ1n) is 8.12. The highest BCUT2D eigenvalue weighted by Gasteiger charge is 2.49. The molecule has 0 bridgehead atoms. The van der Waals surface area contributed by atoms with E-state index < -0.39 is 11.6 Å². The zero-order valence-electron chi connectivity index (χ0n) is 13.9. The first kappa shape index (κ1) is 16.5. The number of amides is 2. The van der Waals surface area contributed by atoms with Crippen molar-refractivity contribution in [2.75, 3.05) is 0 Å². The molecule has 1 N–H and O–H groups in total. The second kappa shape index (κ2) is 6.51. The lowest BCUT2D eigenvalue weighted by molar-refractivity contribution is -0.158. The third-order valence-corrected chi connectivity index (χ3v) is 4.67. The van der Waals surface area contributed by atoms with Crippen LogP contribution in [0.2, 0.25) is 0 Å². The molecule has 1 aromatic carbocycles. The van der Waals surface area contributed by atoms with Crippen LogP contribution in [0.3, 0.4) is 0 Å². The quantitative estimate of drug-likeness (QED) is 0.909. The number of benzene rings is 1. The molecule has 1 atom stereocenters. The van der Waals surface area contributed by atoms with Gasteiger partial charge in [0.15, 0.2) is 0 Å². The summed E-state index contributed by atoms with van der Waals surface area (Å²) < 4.78 is 0. The van der Waals surface area contributed by atoms with E-state index in [1.165, 1.54) is 0 Å². The van der Waals surface area contributed by atoms with E-state index in [-0.39, 0.29) is 17.7 Å². The van der Waals surface area contributed by atoms with Gasteiger partial charge in [-0.05, 0) is 24.3 Å². The summed E-state index contributed by atoms with van der Waals surface area (Å²) in [4.78, 5) is 27.5. The Kier molecular flexibility index (Phi) is 4.89. The van der Waals surface area contributed by atoms with Gasteiger partial charge in [0.05, 0.1) is 0 Å². The first-order valence-corrected chi connectivity index (χ1v) is 8.12. The van der Waals surface area contributed by atoms with Gasteiger partial charge in [-0.1, -0.05) is 58.0 Å². The molecule has 0 aliphatic carbocycles. The smallest absolute Gasteiger partial charge is 0.249 e. The Hall–Kier alpha value is -1.84. The molecule has 0 spiro atoms. The van der Waals surface area contributed by atoms with E-state index >= 15 is 0 Å². The molecule has 2 amide bonds. The summed E-state index contributed by atoms with van der Waals surface area (Å²) in [6, 6.07) is 9.46. The molecule has 1 fully saturated rings. The maximum absolute atomic E-state index is 13.1. The molecule has 1 aromatic rings. The average molecular weight is 302 g/mol. The molecular formula is C18H26N2O2. The number of carbonyl (C=O) groups is 2. The summed E-state index contributed by atoms with van der Waals surface area (Å²) in [5, 5.41) is 3.00. The van der Waals surface area contributed by atoms with Gasteiger partial charge in [0, 0.05) is 6.54 Å². The summed E-state index contributed by atoms with van der Waals surface area (Å²) >= 11 is 0. The van der Waals surface area contributed by atoms with Crippen LogP contribution in [0.1, 0.15) is 46.1 Å². The Morgan fingerprint density at radius 3 is 2.23 bits per heavy atom. The Bertz CT molecular complexity index is 535. The lowest BCUT2D eigenvalue weighted by Crippen LogP contribution is -2.70. The molecule has 1 saturated heterocycles. The fourth-order valence-electron chi connectivity index (χ4n) is 3.25. The summed E-state index contributed by atoms with van der Waals surface area (Å²) in [5.41, 5.74) is 0.300. The van der Waals surface area contributed by atoms with E-state index in [0.29, 0.717) is 19.4 Å². The van der Waals surface area contributed by atoms with Gasteiger partial charge in [-0.25, -0.2) is 0 Å². The molecule has 22 heavy (non-hydrogen) atoms. The van der Waals surface area contributed by atoms with Crippen molar-refractivity contribution in [3.63, 3.8) is 0 Å². The Morgan fingerprint density at radius 1 is 1.14 bits per heavy atom. The van der Waals surface area contributed by atoms with E-state index in [1.807, 2.05) is 58.0 Å². The van der Waals surface area contributed by atoms with Crippen molar-refractivity contribution in [2.45, 2.75) is 58.7 Å². The van der Waals surface area contributed by atoms with Gasteiger partial charge in [0.2, 0.25) is 11.8 Å². The van der Waals surface area contributed by atoms with Crippen molar-refractivity contribution in [3.8, 4) is 0 Å². The summed E-state index contributed by atoms with van der Waals surface area (Å²) in [7, 11) is 0. The van der Waals surface area contributed by atoms with Gasteiger partial charge in [-0.3, -0.25) is 9.59 Å². The number of nitrogens with one attached hydrogen (secondary N) is 1. The standard InChI is InChI=1S/C18H26N2O2/c1-5-18(6-2)17(22)20(12-14-10-8-7-9-11-14)15(13(3)4)16(21)19-18/h7-11,13,15H,5-6,12H2,1-4H3,(H,19,21). The fraction of sp³-hybridized carbons (Fsp3) is 0.556. The van der Waals surface area contributed by atoms with Gasteiger partial charge >= 0.3 is 0 Å². The minimum atomic E-state index is -0.753. The molecule has 1 heterocycles. The molecule has 1 aliphatic heterocycles. The fourth-order valence-corrected chi connectivity index (χ4v) is 3.25. The highest BCUT2D eigenvalue weighted by molar-refractivity contribution is 5.99. The molecule has 0 aromatic heterocycles. The number of nitrogens with zero attached hydrogens (tertiary/aromatic N) is 1. The highest BCUT2D eigenvalue weighted by atomic mass is 16.2. The number of rotatable bonds is 5. The SMILES string of the molecule is CCC1(CC)NC(=O)C(C(C)C)N(Cc2ccccc2)C1=O. The normalized spacial score (nSPS) is 21.1. The molecule has 2 rings (SSSR count). The zero-order chi connectivity index (χ0) is 16.3. The third-order valence-electron chi connectivity index (χ3n) is 4.67. The van der Waals surface area contributed by atoms with E-state index in [2.05, 4.69) is 5.32 Å². The number of piperazine rings is 1. The van der Waals surface area contributed by atoms with Crippen molar-refractivity contribution in [2.24, 2.45) is 5.92 Å². The zero-order valence-corrected chi connectivity index (χ0v) is 13.9. The lowest BCUT2D eigenvalue weighted by atomic mass is 9.84. The summed E-state index contributed by atoms with van der Waals surface area (Å²) in [6.45, 7) is 8.37. The van der Waals surface area contributed by atoms with Crippen LogP contribution >= 0.6 is 0 Å². The van der Waals surface area contributed by atoms with Crippen LogP contribution < -0.4 is 5.32 Å². The van der Waals surface area contributed by atoms with Crippen molar-refractivity contribution < 1.29 is 9.59 Å². The van der Waals surface area contributed by atoms with Gasteiger partial charge < -0.3 is 10.2 Å². The van der Waals surface area contributed by atoms with Gasteiger partial charge in [-0.15, -0.1) is 0 Å². The first-order chi connectivity index (χ1) is 10.4. The number of hydrogen-bond donors (Lipinski definition) is 1. The highest BCUT2D eigenvalue weighted by Crippen LogP contribution is 2.29. The predicted octanol–water partition coefficient (Wildman–Crippen LogP) is 2.73. The third kappa shape index (κ3) is 2.87. The minimum Gasteiger partial charge on any atom is -0.340 e. The van der Waals surface area contributed by atoms with Crippen LogP contribution in [0.4, 0.5) is 0 Å². The van der Waals surface area contributed by atoms with E-state index in [9.17, 15) is 9.59 Å². The van der Waals surface area contributed by atoms with Crippen molar-refractivity contribution in [1.29, 1.82) is 0 Å². The Balaban J connectivity index is 2.38. The maximum atomic E-state index is 13.1. The molecule has 120 valence electrons. The van der Waals surface area contributed by atoms with Crippen LogP contribution in [0.25, 0.3) is 0 Å². The van der Waals surface area contributed by atoms with E-state index in [4.69, 9.17) is 0 Å². The van der Waals surface area contributed by atoms with E-state index in [1.54, 1.807) is 4.90 Å². The maximum Gasteiger partial charge on any atom is 0.249 e. The largest absolute Gasteiger partial charge is 0.340 e. The molecule has 0 saturated carbocycles. The van der Waals surface area contributed by atoms with Crippen LogP contribution in [0, 0.1) is 5.92 Å². The second-order valence-corrected chi connectivity index (χ2v) is 6.39. The summed E-state index contributed by atoms with van der Waals surface area (Å²) in [6.07, 6.45) is 1.23. The van der Waals surface area contributed by atoms with Gasteiger partial charge in [0.25, 0.3) is 0 Å². The molecule has 1 unspecified atom stereocenters. The minimum absolute atomic E-state index is 0.0331. The van der Waals surface area contributed by atoms with Crippen molar-refractivity contribution in [1.82, 2.24) is 10.2 Å². The molecule has 4 nitrogen and oxygen atoms in total. The molecular weight excluding hydrogens is 276 g/mol. The van der Waals surface area contributed by atoms with Gasteiger partial charge in [0.1, 0.15) is 11.6 Å². The van der Waals surface area contributed by atoms with Crippen molar-refractivity contribution >= 4 is 11.8 Å². The second-order valence-electron chi connectivity index (χ2n) is 6.39. The van der Waals surface area contributed by atoms with Gasteiger partial charge in [-0.2, -0.15) is 0 Å². The summed E-state index contributed by atoms with van der Waals surface area (Å²) in [5.74, 6) is 0.0910. The number of hydrogen-bond acceptors (Lipinski definition) is 2. The molecule has 1 aliphatic rings. The molecule has 0 radical (unpaired) electrons. The van der Waals surface area contributed by atoms with Crippen LogP contribution in [0.15, 0.2) is 30.3 Å². The topological polar surface area (TPSA) is 49.4 Å². The monoisotopic (exact) mass is 302 g/mol. The van der Waals surface area contributed by atoms with Crippen LogP contribution in [0.5, 0.6) is 0 Å². The lowest BCUT2D eigenvalue weighted by Gasteiger charge is -2.46. The van der Waals surface area contributed by atoms with Crippen LogP contribution in [-0.4, -0.2) is 28.3 Å². The average Bonchev–Trinajstić information content (AvgIpc) is 2.51. The Labute approximate surface area is 132 Å². The predicted molar refractivity (Wildman–Crippen MR) is 87.1 cm³/mol. The number of carbonyl (C=O) groups excluding carboxylic acids is 2. The van der Waals surface area contributed by atoms with Crippen molar-refractivity contribution in [3.05, 3.63) is 35.9 Å². The Morgan fingerprint density at radius 2 is 1.73 bits per heavy atom. The molecule has 4 heteroatoms. The van der Waals surface area contributed by atoms with E-state index in [0.717, 1.165) is 5.56 Å². The van der Waals surface area contributed by atoms with Crippen LogP contribution in [-0.2, 0) is 16.1 Å².